The second-order valence-electron chi connectivity index (χ2n) is 8.04. The first-order valence-electron chi connectivity index (χ1n) is 10.0. The van der Waals surface area contributed by atoms with E-state index in [1.54, 1.807) is 4.31 Å². The monoisotopic (exact) mass is 408 g/mol. The van der Waals surface area contributed by atoms with Crippen LogP contribution in [0.25, 0.3) is 0 Å². The summed E-state index contributed by atoms with van der Waals surface area (Å²) in [7, 11) is -3.15. The Labute approximate surface area is 168 Å². The molecular formula is C20H32N4O3S. The molecule has 7 nitrogen and oxygen atoms in total. The Hall–Kier alpha value is -1.64. The van der Waals surface area contributed by atoms with Crippen molar-refractivity contribution >= 4 is 16.1 Å². The number of sulfonamides is 1. The van der Waals surface area contributed by atoms with Crippen molar-refractivity contribution in [3.8, 4) is 0 Å². The molecule has 0 aromatic heterocycles. The molecule has 0 bridgehead atoms. The summed E-state index contributed by atoms with van der Waals surface area (Å²) in [6.45, 7) is 8.75. The summed E-state index contributed by atoms with van der Waals surface area (Å²) < 4.78 is 25.4. The van der Waals surface area contributed by atoms with Gasteiger partial charge in [-0.2, -0.15) is 0 Å². The van der Waals surface area contributed by atoms with Crippen LogP contribution in [0.5, 0.6) is 0 Å². The van der Waals surface area contributed by atoms with E-state index in [-0.39, 0.29) is 11.6 Å². The molecular weight excluding hydrogens is 376 g/mol. The molecule has 0 saturated carbocycles. The summed E-state index contributed by atoms with van der Waals surface area (Å²) in [5.41, 5.74) is 2.19. The van der Waals surface area contributed by atoms with Crippen LogP contribution < -0.4 is 5.32 Å². The van der Waals surface area contributed by atoms with E-state index in [0.717, 1.165) is 31.5 Å². The van der Waals surface area contributed by atoms with Gasteiger partial charge < -0.3 is 10.2 Å². The summed E-state index contributed by atoms with van der Waals surface area (Å²) in [6.07, 6.45) is 3.06. The van der Waals surface area contributed by atoms with Gasteiger partial charge in [0, 0.05) is 51.4 Å². The summed E-state index contributed by atoms with van der Waals surface area (Å²) >= 11 is 0. The number of nitrogens with one attached hydrogen (secondary N) is 1. The molecule has 0 aliphatic carbocycles. The lowest BCUT2D eigenvalue weighted by Crippen LogP contribution is -2.59. The molecule has 1 atom stereocenters. The van der Waals surface area contributed by atoms with E-state index >= 15 is 0 Å². The zero-order chi connectivity index (χ0) is 20.4. The highest BCUT2D eigenvalue weighted by molar-refractivity contribution is 7.88. The van der Waals surface area contributed by atoms with Crippen LogP contribution in [0.3, 0.4) is 0 Å². The topological polar surface area (TPSA) is 73.0 Å². The standard InChI is InChI=1S/C20H32N4O3S/c1-4-20(9-10-24(16-20)28(3,26)27)23-13-11-22(12-14-23)19(25)21-15-18-7-5-17(2)6-8-18/h5-8H,4,9-16H2,1-3H3,(H,21,25). The smallest absolute Gasteiger partial charge is 0.317 e. The molecule has 2 amide bonds. The summed E-state index contributed by atoms with van der Waals surface area (Å²) in [4.78, 5) is 16.8. The third-order valence-electron chi connectivity index (χ3n) is 6.23. The number of amides is 2. The van der Waals surface area contributed by atoms with Gasteiger partial charge in [-0.15, -0.1) is 0 Å². The van der Waals surface area contributed by atoms with Crippen molar-refractivity contribution in [2.75, 3.05) is 45.5 Å². The van der Waals surface area contributed by atoms with Gasteiger partial charge in [0.1, 0.15) is 0 Å². The van der Waals surface area contributed by atoms with Crippen LogP contribution in [0.2, 0.25) is 0 Å². The number of urea groups is 1. The van der Waals surface area contributed by atoms with E-state index in [4.69, 9.17) is 0 Å². The largest absolute Gasteiger partial charge is 0.334 e. The van der Waals surface area contributed by atoms with Gasteiger partial charge >= 0.3 is 6.03 Å². The Bertz CT molecular complexity index is 788. The Morgan fingerprint density at radius 3 is 2.29 bits per heavy atom. The van der Waals surface area contributed by atoms with Gasteiger partial charge in [0.25, 0.3) is 0 Å². The number of benzene rings is 1. The Morgan fingerprint density at radius 2 is 1.75 bits per heavy atom. The fourth-order valence-electron chi connectivity index (χ4n) is 4.25. The second kappa shape index (κ2) is 8.39. The maximum atomic E-state index is 12.5. The summed E-state index contributed by atoms with van der Waals surface area (Å²) in [5, 5.41) is 3.00. The van der Waals surface area contributed by atoms with Crippen molar-refractivity contribution in [2.24, 2.45) is 0 Å². The van der Waals surface area contributed by atoms with Crippen LogP contribution in [-0.2, 0) is 16.6 Å². The third-order valence-corrected chi connectivity index (χ3v) is 7.48. The Morgan fingerprint density at radius 1 is 1.11 bits per heavy atom. The second-order valence-corrected chi connectivity index (χ2v) is 10.0. The fraction of sp³-hybridized carbons (Fsp3) is 0.650. The lowest BCUT2D eigenvalue weighted by molar-refractivity contribution is 0.0477. The van der Waals surface area contributed by atoms with Gasteiger partial charge in [0.2, 0.25) is 10.0 Å². The van der Waals surface area contributed by atoms with E-state index < -0.39 is 10.0 Å². The first-order chi connectivity index (χ1) is 13.2. The Kier molecular flexibility index (Phi) is 6.31. The predicted molar refractivity (Wildman–Crippen MR) is 111 cm³/mol. The van der Waals surface area contributed by atoms with Gasteiger partial charge in [0.15, 0.2) is 0 Å². The van der Waals surface area contributed by atoms with Gasteiger partial charge in [-0.1, -0.05) is 36.8 Å². The highest BCUT2D eigenvalue weighted by Crippen LogP contribution is 2.33. The van der Waals surface area contributed by atoms with Crippen LogP contribution in [0.1, 0.15) is 30.9 Å². The highest BCUT2D eigenvalue weighted by Gasteiger charge is 2.45. The molecule has 1 aromatic rings. The average molecular weight is 409 g/mol. The predicted octanol–water partition coefficient (Wildman–Crippen LogP) is 1.64. The minimum absolute atomic E-state index is 0.0324. The van der Waals surface area contributed by atoms with Gasteiger partial charge in [0.05, 0.1) is 6.26 Å². The molecule has 2 heterocycles. The molecule has 2 aliphatic heterocycles. The zero-order valence-corrected chi connectivity index (χ0v) is 18.0. The zero-order valence-electron chi connectivity index (χ0n) is 17.1. The SMILES string of the molecule is CCC1(N2CCN(C(=O)NCc3ccc(C)cc3)CC2)CCN(S(C)(=O)=O)C1. The first-order valence-corrected chi connectivity index (χ1v) is 11.9. The van der Waals surface area contributed by atoms with Crippen LogP contribution in [0.15, 0.2) is 24.3 Å². The molecule has 1 N–H and O–H groups in total. The van der Waals surface area contributed by atoms with E-state index in [2.05, 4.69) is 17.1 Å². The first kappa shape index (κ1) is 21.1. The van der Waals surface area contributed by atoms with E-state index in [1.165, 1.54) is 11.8 Å². The molecule has 156 valence electrons. The normalized spacial score (nSPS) is 24.5. The molecule has 2 fully saturated rings. The number of rotatable bonds is 5. The van der Waals surface area contributed by atoms with Crippen LogP contribution in [-0.4, -0.2) is 79.6 Å². The lowest BCUT2D eigenvalue weighted by atomic mass is 9.92. The maximum Gasteiger partial charge on any atom is 0.317 e. The molecule has 0 spiro atoms. The number of carbonyl (C=O) groups is 1. The number of piperazine rings is 1. The van der Waals surface area contributed by atoms with Gasteiger partial charge in [-0.05, 0) is 25.3 Å². The molecule has 2 saturated heterocycles. The molecule has 2 aliphatic rings. The van der Waals surface area contributed by atoms with Crippen molar-refractivity contribution in [3.05, 3.63) is 35.4 Å². The van der Waals surface area contributed by atoms with Crippen molar-refractivity contribution in [1.82, 2.24) is 19.4 Å². The van der Waals surface area contributed by atoms with Crippen LogP contribution >= 0.6 is 0 Å². The summed E-state index contributed by atoms with van der Waals surface area (Å²) in [6, 6.07) is 8.13. The van der Waals surface area contributed by atoms with Crippen molar-refractivity contribution in [1.29, 1.82) is 0 Å². The minimum atomic E-state index is -3.15. The van der Waals surface area contributed by atoms with E-state index in [0.29, 0.717) is 32.7 Å². The molecule has 28 heavy (non-hydrogen) atoms. The number of carbonyl (C=O) groups excluding carboxylic acids is 1. The van der Waals surface area contributed by atoms with Gasteiger partial charge in [-0.25, -0.2) is 17.5 Å². The fourth-order valence-corrected chi connectivity index (χ4v) is 5.15. The van der Waals surface area contributed by atoms with E-state index in [9.17, 15) is 13.2 Å². The maximum absolute atomic E-state index is 12.5. The summed E-state index contributed by atoms with van der Waals surface area (Å²) in [5.74, 6) is 0. The van der Waals surface area contributed by atoms with Crippen LogP contribution in [0.4, 0.5) is 4.79 Å². The van der Waals surface area contributed by atoms with Gasteiger partial charge in [-0.3, -0.25) is 4.90 Å². The minimum Gasteiger partial charge on any atom is -0.334 e. The average Bonchev–Trinajstić information content (AvgIpc) is 3.14. The van der Waals surface area contributed by atoms with E-state index in [1.807, 2.05) is 36.1 Å². The number of hydrogen-bond donors (Lipinski definition) is 1. The molecule has 0 radical (unpaired) electrons. The number of aryl methyl sites for hydroxylation is 1. The quantitative estimate of drug-likeness (QED) is 0.804. The molecule has 8 heteroatoms. The van der Waals surface area contributed by atoms with Crippen LogP contribution in [0, 0.1) is 6.92 Å². The lowest BCUT2D eigenvalue weighted by Gasteiger charge is -2.45. The molecule has 1 aromatic carbocycles. The molecule has 1 unspecified atom stereocenters. The number of nitrogens with zero attached hydrogens (tertiary/aromatic N) is 3. The van der Waals surface area contributed by atoms with Crippen molar-refractivity contribution < 1.29 is 13.2 Å². The van der Waals surface area contributed by atoms with Crippen molar-refractivity contribution in [2.45, 2.75) is 38.8 Å². The highest BCUT2D eigenvalue weighted by atomic mass is 32.2. The Balaban J connectivity index is 1.52. The molecule has 3 rings (SSSR count). The third kappa shape index (κ3) is 4.67. The van der Waals surface area contributed by atoms with Crippen molar-refractivity contribution in [3.63, 3.8) is 0 Å². The number of hydrogen-bond acceptors (Lipinski definition) is 4.